The number of rotatable bonds is 3. The highest BCUT2D eigenvalue weighted by molar-refractivity contribution is 7.89. The number of carbonyl (C=O) groups excluding carboxylic acids is 1. The van der Waals surface area contributed by atoms with Gasteiger partial charge in [0, 0.05) is 26.1 Å². The molecule has 1 N–H and O–H groups in total. The second-order valence-electron chi connectivity index (χ2n) is 4.50. The topological polar surface area (TPSA) is 66.5 Å². The first kappa shape index (κ1) is 14.8. The van der Waals surface area contributed by atoms with Crippen LogP contribution >= 0.6 is 0 Å². The lowest BCUT2D eigenvalue weighted by molar-refractivity contribution is -0.126. The van der Waals surface area contributed by atoms with Crippen molar-refractivity contribution < 1.29 is 26.4 Å². The van der Waals surface area contributed by atoms with Gasteiger partial charge in [-0.15, -0.1) is 0 Å². The van der Waals surface area contributed by atoms with E-state index in [0.717, 1.165) is 0 Å². The summed E-state index contributed by atoms with van der Waals surface area (Å²) in [6.45, 7) is 0.157. The van der Waals surface area contributed by atoms with Crippen molar-refractivity contribution in [2.45, 2.75) is 17.4 Å². The van der Waals surface area contributed by atoms with Crippen molar-refractivity contribution >= 4 is 15.9 Å². The summed E-state index contributed by atoms with van der Waals surface area (Å²) in [4.78, 5) is 11.9. The number of sulfonamides is 1. The molecule has 0 radical (unpaired) electrons. The second kappa shape index (κ2) is 5.06. The van der Waals surface area contributed by atoms with Crippen LogP contribution in [0.4, 0.5) is 13.2 Å². The third-order valence-corrected chi connectivity index (χ3v) is 4.43. The zero-order valence-corrected chi connectivity index (χ0v) is 11.2. The summed E-state index contributed by atoms with van der Waals surface area (Å²) in [6.07, 6.45) is -0.0398. The number of halogens is 3. The van der Waals surface area contributed by atoms with Crippen LogP contribution in [0.1, 0.15) is 6.42 Å². The van der Waals surface area contributed by atoms with Crippen LogP contribution in [0.2, 0.25) is 0 Å². The molecule has 9 heteroatoms. The molecule has 1 aromatic rings. The second-order valence-corrected chi connectivity index (χ2v) is 6.21. The van der Waals surface area contributed by atoms with E-state index in [1.807, 2.05) is 0 Å². The quantitative estimate of drug-likeness (QED) is 0.832. The lowest BCUT2D eigenvalue weighted by Crippen LogP contribution is -2.36. The van der Waals surface area contributed by atoms with Gasteiger partial charge in [0.15, 0.2) is 17.5 Å². The monoisotopic (exact) mass is 308 g/mol. The third-order valence-electron chi connectivity index (χ3n) is 2.93. The number of amides is 1. The summed E-state index contributed by atoms with van der Waals surface area (Å²) in [6, 6.07) is 0.0938. The first-order chi connectivity index (χ1) is 9.20. The predicted octanol–water partition coefficient (Wildman–Crippen LogP) is 0.613. The van der Waals surface area contributed by atoms with Crippen LogP contribution < -0.4 is 4.72 Å². The van der Waals surface area contributed by atoms with Gasteiger partial charge in [-0.25, -0.2) is 26.3 Å². The van der Waals surface area contributed by atoms with E-state index in [4.69, 9.17) is 0 Å². The molecule has 0 saturated carbocycles. The fourth-order valence-corrected chi connectivity index (χ4v) is 3.17. The Morgan fingerprint density at radius 2 is 1.80 bits per heavy atom. The number of likely N-dealkylation sites (tertiary alicyclic amines) is 1. The zero-order valence-electron chi connectivity index (χ0n) is 10.4. The summed E-state index contributed by atoms with van der Waals surface area (Å²) in [5.74, 6) is -5.16. The average Bonchev–Trinajstić information content (AvgIpc) is 2.63. The Morgan fingerprint density at radius 1 is 1.25 bits per heavy atom. The molecule has 0 aromatic heterocycles. The first-order valence-electron chi connectivity index (χ1n) is 5.61. The van der Waals surface area contributed by atoms with Gasteiger partial charge in [0.05, 0.1) is 4.90 Å². The largest absolute Gasteiger partial charge is 0.344 e. The normalized spacial score (nSPS) is 19.7. The Morgan fingerprint density at radius 3 is 2.25 bits per heavy atom. The molecule has 1 heterocycles. The molecular formula is C11H11F3N2O3S. The van der Waals surface area contributed by atoms with Gasteiger partial charge in [0.25, 0.3) is 0 Å². The lowest BCUT2D eigenvalue weighted by atomic mass is 10.3. The van der Waals surface area contributed by atoms with Crippen LogP contribution in [0.15, 0.2) is 17.0 Å². The molecule has 1 aliphatic rings. The van der Waals surface area contributed by atoms with E-state index >= 15 is 0 Å². The molecule has 110 valence electrons. The van der Waals surface area contributed by atoms with Gasteiger partial charge in [-0.05, 0) is 12.1 Å². The van der Waals surface area contributed by atoms with Gasteiger partial charge in [0.2, 0.25) is 15.9 Å². The molecule has 1 aromatic carbocycles. The van der Waals surface area contributed by atoms with Crippen molar-refractivity contribution in [1.29, 1.82) is 0 Å². The number of benzene rings is 1. The van der Waals surface area contributed by atoms with Gasteiger partial charge in [-0.2, -0.15) is 0 Å². The Labute approximate surface area is 113 Å². The molecule has 0 aliphatic carbocycles. The van der Waals surface area contributed by atoms with Crippen LogP contribution in [0.3, 0.4) is 0 Å². The van der Waals surface area contributed by atoms with E-state index in [2.05, 4.69) is 4.72 Å². The number of nitrogens with zero attached hydrogens (tertiary/aromatic N) is 1. The number of hydrogen-bond acceptors (Lipinski definition) is 3. The van der Waals surface area contributed by atoms with E-state index in [9.17, 15) is 26.4 Å². The fourth-order valence-electron chi connectivity index (χ4n) is 1.92. The average molecular weight is 308 g/mol. The van der Waals surface area contributed by atoms with Crippen LogP contribution in [-0.2, 0) is 14.8 Å². The molecule has 1 amide bonds. The van der Waals surface area contributed by atoms with Crippen LogP contribution in [-0.4, -0.2) is 38.9 Å². The highest BCUT2D eigenvalue weighted by atomic mass is 32.2. The van der Waals surface area contributed by atoms with Gasteiger partial charge >= 0.3 is 0 Å². The SMILES string of the molecule is CN1C[C@H](NS(=O)(=O)c2cc(F)c(F)c(F)c2)CC1=O. The van der Waals surface area contributed by atoms with Gasteiger partial charge in [0.1, 0.15) is 0 Å². The Hall–Kier alpha value is -1.61. The van der Waals surface area contributed by atoms with E-state index < -0.39 is 38.4 Å². The molecule has 1 saturated heterocycles. The summed E-state index contributed by atoms with van der Waals surface area (Å²) >= 11 is 0. The molecule has 20 heavy (non-hydrogen) atoms. The highest BCUT2D eigenvalue weighted by Crippen LogP contribution is 2.19. The zero-order chi connectivity index (χ0) is 15.1. The minimum Gasteiger partial charge on any atom is -0.344 e. The van der Waals surface area contributed by atoms with Crippen molar-refractivity contribution in [2.24, 2.45) is 0 Å². The third kappa shape index (κ3) is 2.78. The van der Waals surface area contributed by atoms with E-state index in [1.165, 1.54) is 11.9 Å². The molecule has 1 atom stereocenters. The van der Waals surface area contributed by atoms with Gasteiger partial charge in [-0.1, -0.05) is 0 Å². The highest BCUT2D eigenvalue weighted by Gasteiger charge is 2.31. The van der Waals surface area contributed by atoms with Crippen molar-refractivity contribution in [1.82, 2.24) is 9.62 Å². The Kier molecular flexibility index (Phi) is 3.74. The fraction of sp³-hybridized carbons (Fsp3) is 0.364. The van der Waals surface area contributed by atoms with E-state index in [0.29, 0.717) is 12.1 Å². The summed E-state index contributed by atoms with van der Waals surface area (Å²) < 4.78 is 64.9. The van der Waals surface area contributed by atoms with Crippen molar-refractivity contribution in [3.05, 3.63) is 29.6 Å². The van der Waals surface area contributed by atoms with Crippen LogP contribution in [0, 0.1) is 17.5 Å². The smallest absolute Gasteiger partial charge is 0.241 e. The van der Waals surface area contributed by atoms with E-state index in [-0.39, 0.29) is 18.9 Å². The Balaban J connectivity index is 2.25. The van der Waals surface area contributed by atoms with Crippen LogP contribution in [0.5, 0.6) is 0 Å². The molecule has 0 spiro atoms. The minimum atomic E-state index is -4.23. The number of likely N-dealkylation sites (N-methyl/N-ethyl adjacent to an activating group) is 1. The molecule has 1 aliphatic heterocycles. The maximum atomic E-state index is 13.0. The molecule has 5 nitrogen and oxygen atoms in total. The van der Waals surface area contributed by atoms with Gasteiger partial charge in [-0.3, -0.25) is 4.79 Å². The summed E-state index contributed by atoms with van der Waals surface area (Å²) in [5, 5.41) is 0. The maximum absolute atomic E-state index is 13.0. The van der Waals surface area contributed by atoms with Crippen LogP contribution in [0.25, 0.3) is 0 Å². The maximum Gasteiger partial charge on any atom is 0.241 e. The van der Waals surface area contributed by atoms with Crippen molar-refractivity contribution in [3.63, 3.8) is 0 Å². The summed E-state index contributed by atoms with van der Waals surface area (Å²) in [7, 11) is -2.72. The standard InChI is InChI=1S/C11H11F3N2O3S/c1-16-5-6(2-10(16)17)15-20(18,19)7-3-8(12)11(14)9(13)4-7/h3-4,6,15H,2,5H2,1H3/t6-/m1/s1. The minimum absolute atomic E-state index is 0.0398. The molecule has 0 bridgehead atoms. The lowest BCUT2D eigenvalue weighted by Gasteiger charge is -2.13. The predicted molar refractivity (Wildman–Crippen MR) is 62.7 cm³/mol. The first-order valence-corrected chi connectivity index (χ1v) is 7.10. The van der Waals surface area contributed by atoms with Crippen molar-refractivity contribution in [3.8, 4) is 0 Å². The van der Waals surface area contributed by atoms with Gasteiger partial charge < -0.3 is 4.90 Å². The Bertz CT molecular complexity index is 640. The number of nitrogens with one attached hydrogen (secondary N) is 1. The summed E-state index contributed by atoms with van der Waals surface area (Å²) in [5.41, 5.74) is 0. The van der Waals surface area contributed by atoms with Crippen molar-refractivity contribution in [2.75, 3.05) is 13.6 Å². The van der Waals surface area contributed by atoms with E-state index in [1.54, 1.807) is 0 Å². The molecule has 1 fully saturated rings. The number of hydrogen-bond donors (Lipinski definition) is 1. The molecule has 0 unspecified atom stereocenters. The number of carbonyl (C=O) groups is 1. The molecule has 2 rings (SSSR count). The molecular weight excluding hydrogens is 297 g/mol.